The van der Waals surface area contributed by atoms with E-state index in [-0.39, 0.29) is 66.6 Å². The summed E-state index contributed by atoms with van der Waals surface area (Å²) in [5.41, 5.74) is -0.444. The molecule has 1 aromatic carbocycles. The van der Waals surface area contributed by atoms with Crippen molar-refractivity contribution >= 4 is 27.4 Å². The van der Waals surface area contributed by atoms with Crippen LogP contribution in [0.3, 0.4) is 0 Å². The van der Waals surface area contributed by atoms with Crippen LogP contribution in [0.15, 0.2) is 35.7 Å². The fraction of sp³-hybridized carbons (Fsp3) is 0.565. The minimum absolute atomic E-state index is 0.0209. The van der Waals surface area contributed by atoms with E-state index in [4.69, 9.17) is 11.6 Å². The minimum Gasteiger partial charge on any atom is -0.339 e. The summed E-state index contributed by atoms with van der Waals surface area (Å²) < 4.78 is 70.2. The molecule has 4 rings (SSSR count). The molecule has 0 amide bonds. The molecule has 2 aromatic rings. The largest absolute Gasteiger partial charge is 0.339 e. The Morgan fingerprint density at radius 1 is 1.11 bits per heavy atom. The second kappa shape index (κ2) is 9.84. The Kier molecular flexibility index (Phi) is 7.34. The molecule has 1 aliphatic carbocycles. The number of imidazole rings is 1. The number of hydrogen-bond acceptors (Lipinski definition) is 5. The predicted octanol–water partition coefficient (Wildman–Crippen LogP) is 4.13. The Morgan fingerprint density at radius 3 is 2.34 bits per heavy atom. The van der Waals surface area contributed by atoms with E-state index in [0.29, 0.717) is 19.5 Å². The molecule has 12 heteroatoms. The molecule has 0 N–H and O–H groups in total. The number of halogens is 4. The smallest absolute Gasteiger partial charge is 0.262 e. The minimum atomic E-state index is -3.75. The van der Waals surface area contributed by atoms with Crippen LogP contribution < -0.4 is 0 Å². The standard InChI is InChI=1S/C23H28ClF3N4O3S/c1-29-15-21(28-16-29)35(33,34)31-12-10-30(11-13-31)22(6-8-23(26,27)9-7-22)5-4-20(32)18-3-2-17(25)14-19(18)24/h2-3,14-16H,4-13H2,1H3. The number of nitrogens with zero attached hydrogens (tertiary/aromatic N) is 4. The Bertz CT molecular complexity index is 1190. The van der Waals surface area contributed by atoms with Crippen LogP contribution in [-0.4, -0.2) is 70.6 Å². The maximum Gasteiger partial charge on any atom is 0.262 e. The van der Waals surface area contributed by atoms with Gasteiger partial charge in [-0.2, -0.15) is 4.31 Å². The lowest BCUT2D eigenvalue weighted by Gasteiger charge is -2.50. The van der Waals surface area contributed by atoms with E-state index in [1.54, 1.807) is 11.6 Å². The van der Waals surface area contributed by atoms with Gasteiger partial charge in [-0.15, -0.1) is 0 Å². The maximum atomic E-state index is 14.0. The summed E-state index contributed by atoms with van der Waals surface area (Å²) in [5, 5.41) is -0.00480. The fourth-order valence-electron chi connectivity index (χ4n) is 5.06. The highest BCUT2D eigenvalue weighted by atomic mass is 35.5. The summed E-state index contributed by atoms with van der Waals surface area (Å²) in [5.74, 6) is -3.57. The molecule has 0 bridgehead atoms. The molecule has 35 heavy (non-hydrogen) atoms. The van der Waals surface area contributed by atoms with Crippen molar-refractivity contribution in [3.8, 4) is 0 Å². The highest BCUT2D eigenvalue weighted by Crippen LogP contribution is 2.44. The third kappa shape index (κ3) is 5.58. The molecule has 1 aromatic heterocycles. The van der Waals surface area contributed by atoms with Gasteiger partial charge in [0.2, 0.25) is 5.92 Å². The zero-order valence-electron chi connectivity index (χ0n) is 19.4. The predicted molar refractivity (Wildman–Crippen MR) is 125 cm³/mol. The molecule has 0 atom stereocenters. The molecule has 2 heterocycles. The summed E-state index contributed by atoms with van der Waals surface area (Å²) in [6.45, 7) is 1.13. The van der Waals surface area contributed by atoms with Gasteiger partial charge in [0.15, 0.2) is 10.8 Å². The molecule has 2 fully saturated rings. The molecule has 0 spiro atoms. The number of ketones is 1. The third-order valence-electron chi connectivity index (χ3n) is 7.16. The number of sulfonamides is 1. The topological polar surface area (TPSA) is 75.5 Å². The third-order valence-corrected chi connectivity index (χ3v) is 9.25. The van der Waals surface area contributed by atoms with Gasteiger partial charge in [0.25, 0.3) is 10.0 Å². The lowest BCUT2D eigenvalue weighted by Crippen LogP contribution is -2.59. The summed E-state index contributed by atoms with van der Waals surface area (Å²) in [4.78, 5) is 18.9. The second-order valence-corrected chi connectivity index (χ2v) is 11.7. The van der Waals surface area contributed by atoms with Gasteiger partial charge in [-0.3, -0.25) is 9.69 Å². The number of carbonyl (C=O) groups excluding carboxylic acids is 1. The van der Waals surface area contributed by atoms with Crippen LogP contribution in [0.5, 0.6) is 0 Å². The summed E-state index contributed by atoms with van der Waals surface area (Å²) in [6.07, 6.45) is 3.11. The fourth-order valence-corrected chi connectivity index (χ4v) is 6.72. The number of carbonyl (C=O) groups is 1. The van der Waals surface area contributed by atoms with Crippen LogP contribution in [0.1, 0.15) is 48.9 Å². The number of aromatic nitrogens is 2. The Hall–Kier alpha value is -1.95. The van der Waals surface area contributed by atoms with Crippen molar-refractivity contribution in [3.63, 3.8) is 0 Å². The van der Waals surface area contributed by atoms with Crippen LogP contribution in [0.25, 0.3) is 0 Å². The Morgan fingerprint density at radius 2 is 1.77 bits per heavy atom. The number of alkyl halides is 2. The van der Waals surface area contributed by atoms with Gasteiger partial charge in [0, 0.05) is 69.8 Å². The highest BCUT2D eigenvalue weighted by molar-refractivity contribution is 7.89. The zero-order chi connectivity index (χ0) is 25.4. The van der Waals surface area contributed by atoms with Gasteiger partial charge in [-0.25, -0.2) is 26.6 Å². The quantitative estimate of drug-likeness (QED) is 0.501. The number of piperazine rings is 1. The van der Waals surface area contributed by atoms with Crippen molar-refractivity contribution in [3.05, 3.63) is 47.1 Å². The molecule has 7 nitrogen and oxygen atoms in total. The molecule has 1 saturated carbocycles. The van der Waals surface area contributed by atoms with Crippen molar-refractivity contribution in [2.45, 2.75) is 55.0 Å². The van der Waals surface area contributed by atoms with Crippen LogP contribution in [0.4, 0.5) is 13.2 Å². The summed E-state index contributed by atoms with van der Waals surface area (Å²) in [6, 6.07) is 3.58. The van der Waals surface area contributed by atoms with Gasteiger partial charge in [0.1, 0.15) is 5.82 Å². The first-order valence-electron chi connectivity index (χ1n) is 11.5. The molecule has 2 aliphatic rings. The molecular formula is C23H28ClF3N4O3S. The molecule has 0 unspecified atom stereocenters. The summed E-state index contributed by atoms with van der Waals surface area (Å²) >= 11 is 6.04. The normalized spacial score (nSPS) is 21.2. The van der Waals surface area contributed by atoms with Crippen molar-refractivity contribution in [1.29, 1.82) is 0 Å². The monoisotopic (exact) mass is 532 g/mol. The van der Waals surface area contributed by atoms with Gasteiger partial charge in [-0.05, 0) is 37.5 Å². The first-order chi connectivity index (χ1) is 16.4. The SMILES string of the molecule is Cn1cnc(S(=O)(=O)N2CCN(C3(CCC(=O)c4ccc(F)cc4Cl)CCC(F)(F)CC3)CC2)c1. The second-order valence-electron chi connectivity index (χ2n) is 9.40. The van der Waals surface area contributed by atoms with Crippen molar-refractivity contribution in [2.75, 3.05) is 26.2 Å². The van der Waals surface area contributed by atoms with Gasteiger partial charge in [-0.1, -0.05) is 11.6 Å². The van der Waals surface area contributed by atoms with Crippen LogP contribution in [0, 0.1) is 5.82 Å². The highest BCUT2D eigenvalue weighted by Gasteiger charge is 2.47. The molecular weight excluding hydrogens is 505 g/mol. The van der Waals surface area contributed by atoms with Crippen molar-refractivity contribution in [2.24, 2.45) is 7.05 Å². The van der Waals surface area contributed by atoms with E-state index in [2.05, 4.69) is 9.88 Å². The van der Waals surface area contributed by atoms with E-state index >= 15 is 0 Å². The maximum absolute atomic E-state index is 14.0. The molecule has 1 aliphatic heterocycles. The first-order valence-corrected chi connectivity index (χ1v) is 13.3. The Labute approximate surface area is 207 Å². The van der Waals surface area contributed by atoms with Gasteiger partial charge < -0.3 is 4.57 Å². The van der Waals surface area contributed by atoms with E-state index in [1.807, 2.05) is 0 Å². The first kappa shape index (κ1) is 26.1. The number of Topliss-reactive ketones (excluding diaryl/α,β-unsaturated/α-hetero) is 1. The summed E-state index contributed by atoms with van der Waals surface area (Å²) in [7, 11) is -2.06. The van der Waals surface area contributed by atoms with Gasteiger partial charge >= 0.3 is 0 Å². The lowest BCUT2D eigenvalue weighted by atomic mass is 9.74. The van der Waals surface area contributed by atoms with E-state index < -0.39 is 27.3 Å². The van der Waals surface area contributed by atoms with Crippen LogP contribution in [0.2, 0.25) is 5.02 Å². The number of benzene rings is 1. The number of hydrogen-bond donors (Lipinski definition) is 0. The average Bonchev–Trinajstić information content (AvgIpc) is 3.26. The van der Waals surface area contributed by atoms with Gasteiger partial charge in [0.05, 0.1) is 11.3 Å². The Balaban J connectivity index is 1.47. The molecule has 0 radical (unpaired) electrons. The zero-order valence-corrected chi connectivity index (χ0v) is 21.0. The molecule has 192 valence electrons. The van der Waals surface area contributed by atoms with Crippen LogP contribution in [-0.2, 0) is 17.1 Å². The van der Waals surface area contributed by atoms with Crippen molar-refractivity contribution in [1.82, 2.24) is 18.8 Å². The van der Waals surface area contributed by atoms with E-state index in [1.165, 1.54) is 22.9 Å². The average molecular weight is 533 g/mol. The van der Waals surface area contributed by atoms with E-state index in [0.717, 1.165) is 12.1 Å². The van der Waals surface area contributed by atoms with Crippen molar-refractivity contribution < 1.29 is 26.4 Å². The number of aryl methyl sites for hydroxylation is 1. The van der Waals surface area contributed by atoms with E-state index in [9.17, 15) is 26.4 Å². The lowest BCUT2D eigenvalue weighted by molar-refractivity contribution is -0.0891. The molecule has 1 saturated heterocycles. The van der Waals surface area contributed by atoms with Crippen LogP contribution >= 0.6 is 11.6 Å². The number of rotatable bonds is 7.